The molecule has 0 amide bonds. The Morgan fingerprint density at radius 1 is 1.03 bits per heavy atom. The Hall–Kier alpha value is -3.74. The number of carbonyl (C=O) groups excluding carboxylic acids is 1. The highest BCUT2D eigenvalue weighted by molar-refractivity contribution is 5.88. The third kappa shape index (κ3) is 4.81. The lowest BCUT2D eigenvalue weighted by Gasteiger charge is -2.09. The van der Waals surface area contributed by atoms with Crippen LogP contribution in [-0.2, 0) is 22.6 Å². The molecule has 0 unspecified atom stereocenters. The standard InChI is InChI=1S/C23H22O7/c1-4-15-9-19-16(10-23(26)30-21(19)12-20(15)24)13-29-22(25)6-5-14-7-17(27-2)11-18(8-14)28-3/h5-12,24H,4,13H2,1-3H3/b6-5+. The van der Waals surface area contributed by atoms with E-state index in [1.807, 2.05) is 6.92 Å². The van der Waals surface area contributed by atoms with E-state index in [1.54, 1.807) is 44.6 Å². The number of rotatable bonds is 7. The first kappa shape index (κ1) is 21.0. The van der Waals surface area contributed by atoms with Crippen LogP contribution in [-0.4, -0.2) is 25.3 Å². The van der Waals surface area contributed by atoms with E-state index in [9.17, 15) is 14.7 Å². The predicted molar refractivity (Wildman–Crippen MR) is 112 cm³/mol. The Labute approximate surface area is 173 Å². The second-order valence-corrected chi connectivity index (χ2v) is 6.51. The van der Waals surface area contributed by atoms with Gasteiger partial charge in [-0.05, 0) is 41.8 Å². The molecule has 30 heavy (non-hydrogen) atoms. The number of carbonyl (C=O) groups is 1. The number of ether oxygens (including phenoxy) is 3. The topological polar surface area (TPSA) is 95.2 Å². The molecule has 0 fully saturated rings. The molecule has 0 saturated carbocycles. The normalized spacial score (nSPS) is 11.0. The van der Waals surface area contributed by atoms with Gasteiger partial charge < -0.3 is 23.7 Å². The number of benzene rings is 2. The van der Waals surface area contributed by atoms with E-state index in [-0.39, 0.29) is 17.9 Å². The van der Waals surface area contributed by atoms with E-state index in [2.05, 4.69) is 0 Å². The molecular formula is C23H22O7. The maximum absolute atomic E-state index is 12.2. The molecular weight excluding hydrogens is 388 g/mol. The van der Waals surface area contributed by atoms with E-state index >= 15 is 0 Å². The molecule has 2 aromatic carbocycles. The van der Waals surface area contributed by atoms with Crippen molar-refractivity contribution in [3.05, 3.63) is 69.6 Å². The highest BCUT2D eigenvalue weighted by atomic mass is 16.5. The van der Waals surface area contributed by atoms with E-state index in [0.29, 0.717) is 40.0 Å². The van der Waals surface area contributed by atoms with Crippen LogP contribution in [0.15, 0.2) is 51.7 Å². The number of aromatic hydroxyl groups is 1. The number of phenolic OH excluding ortho intramolecular Hbond substituents is 1. The Balaban J connectivity index is 1.78. The maximum Gasteiger partial charge on any atom is 0.336 e. The summed E-state index contributed by atoms with van der Waals surface area (Å²) in [7, 11) is 3.09. The van der Waals surface area contributed by atoms with Crippen LogP contribution >= 0.6 is 0 Å². The molecule has 0 aliphatic carbocycles. The molecule has 156 valence electrons. The van der Waals surface area contributed by atoms with Gasteiger partial charge in [0.1, 0.15) is 29.4 Å². The van der Waals surface area contributed by atoms with Crippen LogP contribution in [0.3, 0.4) is 0 Å². The number of phenols is 1. The van der Waals surface area contributed by atoms with Gasteiger partial charge in [0.2, 0.25) is 0 Å². The van der Waals surface area contributed by atoms with Gasteiger partial charge in [0.15, 0.2) is 0 Å². The van der Waals surface area contributed by atoms with Gasteiger partial charge in [-0.2, -0.15) is 0 Å². The summed E-state index contributed by atoms with van der Waals surface area (Å²) >= 11 is 0. The highest BCUT2D eigenvalue weighted by Crippen LogP contribution is 2.27. The molecule has 0 aliphatic heterocycles. The number of esters is 1. The zero-order chi connectivity index (χ0) is 21.7. The van der Waals surface area contributed by atoms with Gasteiger partial charge >= 0.3 is 11.6 Å². The van der Waals surface area contributed by atoms with Crippen molar-refractivity contribution in [2.45, 2.75) is 20.0 Å². The van der Waals surface area contributed by atoms with Gasteiger partial charge in [0, 0.05) is 35.2 Å². The first-order chi connectivity index (χ1) is 14.4. The van der Waals surface area contributed by atoms with Crippen LogP contribution in [0.5, 0.6) is 17.2 Å². The first-order valence-corrected chi connectivity index (χ1v) is 9.30. The van der Waals surface area contributed by atoms with Crippen LogP contribution in [0.25, 0.3) is 17.0 Å². The zero-order valence-corrected chi connectivity index (χ0v) is 16.9. The first-order valence-electron chi connectivity index (χ1n) is 9.30. The van der Waals surface area contributed by atoms with Crippen molar-refractivity contribution >= 4 is 23.0 Å². The SMILES string of the molecule is CCc1cc2c(COC(=O)/C=C/c3cc(OC)cc(OC)c3)cc(=O)oc2cc1O. The summed E-state index contributed by atoms with van der Waals surface area (Å²) in [5.41, 5.74) is 1.56. The summed E-state index contributed by atoms with van der Waals surface area (Å²) in [6.45, 7) is 1.79. The number of hydrogen-bond acceptors (Lipinski definition) is 7. The fourth-order valence-electron chi connectivity index (χ4n) is 3.00. The number of fused-ring (bicyclic) bond motifs is 1. The monoisotopic (exact) mass is 410 g/mol. The van der Waals surface area contributed by atoms with E-state index in [1.165, 1.54) is 18.2 Å². The van der Waals surface area contributed by atoms with E-state index in [0.717, 1.165) is 0 Å². The van der Waals surface area contributed by atoms with Gasteiger partial charge in [-0.1, -0.05) is 6.92 Å². The summed E-state index contributed by atoms with van der Waals surface area (Å²) < 4.78 is 20.8. The lowest BCUT2D eigenvalue weighted by atomic mass is 10.0. The fourth-order valence-corrected chi connectivity index (χ4v) is 3.00. The number of aryl methyl sites for hydroxylation is 1. The van der Waals surface area contributed by atoms with Crippen molar-refractivity contribution in [1.82, 2.24) is 0 Å². The van der Waals surface area contributed by atoms with Crippen molar-refractivity contribution in [3.63, 3.8) is 0 Å². The molecule has 7 heteroatoms. The number of hydrogen-bond donors (Lipinski definition) is 1. The predicted octanol–water partition coefficient (Wildman–Crippen LogP) is 3.83. The van der Waals surface area contributed by atoms with Crippen molar-refractivity contribution in [2.75, 3.05) is 14.2 Å². The molecule has 0 bridgehead atoms. The summed E-state index contributed by atoms with van der Waals surface area (Å²) in [5.74, 6) is 0.672. The Kier molecular flexibility index (Phi) is 6.41. The van der Waals surface area contributed by atoms with Gasteiger partial charge in [0.25, 0.3) is 0 Å². The Morgan fingerprint density at radius 3 is 2.37 bits per heavy atom. The molecule has 0 atom stereocenters. The van der Waals surface area contributed by atoms with Crippen LogP contribution in [0, 0.1) is 0 Å². The zero-order valence-electron chi connectivity index (χ0n) is 16.9. The van der Waals surface area contributed by atoms with Crippen molar-refractivity contribution in [1.29, 1.82) is 0 Å². The fraction of sp³-hybridized carbons (Fsp3) is 0.217. The molecule has 1 aromatic heterocycles. The van der Waals surface area contributed by atoms with E-state index < -0.39 is 11.6 Å². The lowest BCUT2D eigenvalue weighted by Crippen LogP contribution is -2.06. The van der Waals surface area contributed by atoms with E-state index in [4.69, 9.17) is 18.6 Å². The second kappa shape index (κ2) is 9.17. The summed E-state index contributed by atoms with van der Waals surface area (Å²) in [6.07, 6.45) is 3.47. The second-order valence-electron chi connectivity index (χ2n) is 6.51. The molecule has 3 aromatic rings. The van der Waals surface area contributed by atoms with Gasteiger partial charge in [-0.3, -0.25) is 0 Å². The highest BCUT2D eigenvalue weighted by Gasteiger charge is 2.11. The van der Waals surface area contributed by atoms with Gasteiger partial charge in [-0.25, -0.2) is 9.59 Å². The average Bonchev–Trinajstić information content (AvgIpc) is 2.75. The molecule has 3 rings (SSSR count). The smallest absolute Gasteiger partial charge is 0.336 e. The minimum absolute atomic E-state index is 0.0546. The van der Waals surface area contributed by atoms with Gasteiger partial charge in [0.05, 0.1) is 14.2 Å². The minimum Gasteiger partial charge on any atom is -0.508 e. The van der Waals surface area contributed by atoms with Crippen molar-refractivity contribution in [2.24, 2.45) is 0 Å². The van der Waals surface area contributed by atoms with Crippen LogP contribution < -0.4 is 15.1 Å². The molecule has 1 heterocycles. The molecule has 0 spiro atoms. The van der Waals surface area contributed by atoms with Crippen LogP contribution in [0.4, 0.5) is 0 Å². The number of methoxy groups -OCH3 is 2. The van der Waals surface area contributed by atoms with Gasteiger partial charge in [-0.15, -0.1) is 0 Å². The maximum atomic E-state index is 12.2. The lowest BCUT2D eigenvalue weighted by molar-refractivity contribution is -0.138. The summed E-state index contributed by atoms with van der Waals surface area (Å²) in [6, 6.07) is 9.64. The summed E-state index contributed by atoms with van der Waals surface area (Å²) in [5, 5.41) is 10.6. The van der Waals surface area contributed by atoms with Crippen molar-refractivity contribution in [3.8, 4) is 17.2 Å². The molecule has 1 N–H and O–H groups in total. The third-order valence-corrected chi connectivity index (χ3v) is 4.57. The van der Waals surface area contributed by atoms with Crippen molar-refractivity contribution < 1.29 is 28.5 Å². The third-order valence-electron chi connectivity index (χ3n) is 4.57. The molecule has 0 radical (unpaired) electrons. The minimum atomic E-state index is -0.587. The quantitative estimate of drug-likeness (QED) is 0.359. The summed E-state index contributed by atoms with van der Waals surface area (Å²) in [4.78, 5) is 24.0. The largest absolute Gasteiger partial charge is 0.508 e. The Morgan fingerprint density at radius 2 is 1.73 bits per heavy atom. The Bertz CT molecular complexity index is 1140. The molecule has 0 saturated heterocycles. The molecule has 7 nitrogen and oxygen atoms in total. The van der Waals surface area contributed by atoms with Crippen LogP contribution in [0.1, 0.15) is 23.6 Å². The molecule has 0 aliphatic rings. The average molecular weight is 410 g/mol. The van der Waals surface area contributed by atoms with Crippen LogP contribution in [0.2, 0.25) is 0 Å².